The molecule has 280 valence electrons. The van der Waals surface area contributed by atoms with Crippen molar-refractivity contribution < 1.29 is 24.2 Å². The molecule has 1 N–H and O–H groups in total. The van der Waals surface area contributed by atoms with Gasteiger partial charge in [0, 0.05) is 12.8 Å². The van der Waals surface area contributed by atoms with Crippen LogP contribution in [0.2, 0.25) is 0 Å². The summed E-state index contributed by atoms with van der Waals surface area (Å²) < 4.78 is 10.6. The summed E-state index contributed by atoms with van der Waals surface area (Å²) in [5.41, 5.74) is 0. The first kappa shape index (κ1) is 46.1. The molecule has 0 spiro atoms. The van der Waals surface area contributed by atoms with E-state index in [-0.39, 0.29) is 25.2 Å². The lowest BCUT2D eigenvalue weighted by molar-refractivity contribution is -0.161. The van der Waals surface area contributed by atoms with Crippen molar-refractivity contribution in [3.63, 3.8) is 0 Å². The highest BCUT2D eigenvalue weighted by Crippen LogP contribution is 2.14. The summed E-state index contributed by atoms with van der Waals surface area (Å²) >= 11 is 0. The van der Waals surface area contributed by atoms with Crippen LogP contribution in [-0.2, 0) is 19.1 Å². The third-order valence-corrected chi connectivity index (χ3v) is 8.91. The van der Waals surface area contributed by atoms with Gasteiger partial charge in [0.05, 0.1) is 6.61 Å². The van der Waals surface area contributed by atoms with Crippen molar-refractivity contribution in [2.75, 3.05) is 13.2 Å². The summed E-state index contributed by atoms with van der Waals surface area (Å²) in [4.78, 5) is 24.3. The predicted molar refractivity (Wildman–Crippen MR) is 205 cm³/mol. The summed E-state index contributed by atoms with van der Waals surface area (Å²) in [6, 6.07) is 0. The quantitative estimate of drug-likeness (QED) is 0.0403. The van der Waals surface area contributed by atoms with Gasteiger partial charge in [-0.25, -0.2) is 0 Å². The van der Waals surface area contributed by atoms with Crippen molar-refractivity contribution in [3.8, 4) is 0 Å². The van der Waals surface area contributed by atoms with Gasteiger partial charge in [-0.15, -0.1) is 0 Å². The van der Waals surface area contributed by atoms with Crippen LogP contribution in [0.5, 0.6) is 0 Å². The maximum absolute atomic E-state index is 12.2. The van der Waals surface area contributed by atoms with Gasteiger partial charge in [0.25, 0.3) is 0 Å². The Bertz CT molecular complexity index is 771. The molecule has 0 bridgehead atoms. The molecule has 0 rings (SSSR count). The van der Waals surface area contributed by atoms with E-state index in [9.17, 15) is 14.7 Å². The lowest BCUT2D eigenvalue weighted by Crippen LogP contribution is -2.28. The Morgan fingerprint density at radius 2 is 0.833 bits per heavy atom. The highest BCUT2D eigenvalue weighted by Gasteiger charge is 2.16. The highest BCUT2D eigenvalue weighted by molar-refractivity contribution is 5.70. The van der Waals surface area contributed by atoms with Gasteiger partial charge < -0.3 is 14.6 Å². The van der Waals surface area contributed by atoms with E-state index in [1.165, 1.54) is 135 Å². The van der Waals surface area contributed by atoms with Crippen LogP contribution in [0.25, 0.3) is 0 Å². The second-order valence-corrected chi connectivity index (χ2v) is 13.7. The molecule has 0 fully saturated rings. The SMILES string of the molecule is CCCCC/C=C/C/C=C/CCCCCCCCCCCC(=O)O[C@@H](CO)COC(=O)CCCCCCCCC/C=C/CCCCCC. The number of hydrogen-bond acceptors (Lipinski definition) is 5. The molecule has 0 aliphatic carbocycles. The number of aliphatic hydroxyl groups is 1. The minimum absolute atomic E-state index is 0.0684. The summed E-state index contributed by atoms with van der Waals surface area (Å²) in [6.07, 6.45) is 47.7. The van der Waals surface area contributed by atoms with Crippen molar-refractivity contribution in [1.29, 1.82) is 0 Å². The lowest BCUT2D eigenvalue weighted by Gasteiger charge is -2.15. The molecule has 0 aliphatic heterocycles. The Morgan fingerprint density at radius 3 is 1.29 bits per heavy atom. The monoisotopic (exact) mass is 675 g/mol. The molecule has 0 heterocycles. The van der Waals surface area contributed by atoms with Crippen LogP contribution >= 0.6 is 0 Å². The van der Waals surface area contributed by atoms with Crippen molar-refractivity contribution in [1.82, 2.24) is 0 Å². The van der Waals surface area contributed by atoms with Crippen LogP contribution < -0.4 is 0 Å². The summed E-state index contributed by atoms with van der Waals surface area (Å²) in [6.45, 7) is 4.10. The lowest BCUT2D eigenvalue weighted by atomic mass is 10.1. The topological polar surface area (TPSA) is 72.8 Å². The molecular weight excluding hydrogens is 596 g/mol. The summed E-state index contributed by atoms with van der Waals surface area (Å²) in [7, 11) is 0. The molecule has 1 atom stereocenters. The summed E-state index contributed by atoms with van der Waals surface area (Å²) in [5, 5.41) is 9.56. The molecule has 48 heavy (non-hydrogen) atoms. The highest BCUT2D eigenvalue weighted by atomic mass is 16.6. The molecule has 0 aromatic rings. The van der Waals surface area contributed by atoms with Crippen LogP contribution in [0.1, 0.15) is 206 Å². The molecule has 0 unspecified atom stereocenters. The van der Waals surface area contributed by atoms with Gasteiger partial charge >= 0.3 is 11.9 Å². The van der Waals surface area contributed by atoms with E-state index in [0.29, 0.717) is 12.8 Å². The fraction of sp³-hybridized carbons (Fsp3) is 0.814. The van der Waals surface area contributed by atoms with Crippen LogP contribution in [0, 0.1) is 0 Å². The van der Waals surface area contributed by atoms with Gasteiger partial charge in [-0.1, -0.05) is 159 Å². The predicted octanol–water partition coefficient (Wildman–Crippen LogP) is 12.8. The number of esters is 2. The van der Waals surface area contributed by atoms with E-state index in [2.05, 4.69) is 50.3 Å². The number of ether oxygens (including phenoxy) is 2. The van der Waals surface area contributed by atoms with E-state index in [4.69, 9.17) is 9.47 Å². The van der Waals surface area contributed by atoms with E-state index < -0.39 is 6.10 Å². The number of unbranched alkanes of at least 4 members (excludes halogenated alkanes) is 23. The molecule has 5 nitrogen and oxygen atoms in total. The smallest absolute Gasteiger partial charge is 0.306 e. The Labute approximate surface area is 297 Å². The van der Waals surface area contributed by atoms with E-state index in [0.717, 1.165) is 44.9 Å². The number of aliphatic hydroxyl groups excluding tert-OH is 1. The third kappa shape index (κ3) is 36.9. The molecule has 0 amide bonds. The van der Waals surface area contributed by atoms with Crippen molar-refractivity contribution >= 4 is 11.9 Å². The molecular formula is C43H78O5. The molecule has 0 radical (unpaired) electrons. The first-order valence-corrected chi connectivity index (χ1v) is 20.5. The summed E-state index contributed by atoms with van der Waals surface area (Å²) in [5.74, 6) is -0.597. The number of allylic oxidation sites excluding steroid dienone is 6. The van der Waals surface area contributed by atoms with Gasteiger partial charge in [0.2, 0.25) is 0 Å². The maximum Gasteiger partial charge on any atom is 0.306 e. The van der Waals surface area contributed by atoms with Crippen molar-refractivity contribution in [2.24, 2.45) is 0 Å². The van der Waals surface area contributed by atoms with E-state index in [1.54, 1.807) is 0 Å². The average Bonchev–Trinajstić information content (AvgIpc) is 3.09. The van der Waals surface area contributed by atoms with Gasteiger partial charge in [-0.2, -0.15) is 0 Å². The van der Waals surface area contributed by atoms with Gasteiger partial charge in [0.15, 0.2) is 6.10 Å². The van der Waals surface area contributed by atoms with E-state index in [1.807, 2.05) is 0 Å². The van der Waals surface area contributed by atoms with Gasteiger partial charge in [0.1, 0.15) is 6.61 Å². The van der Waals surface area contributed by atoms with E-state index >= 15 is 0 Å². The molecule has 0 aromatic heterocycles. The first-order valence-electron chi connectivity index (χ1n) is 20.5. The first-order chi connectivity index (χ1) is 23.6. The minimum atomic E-state index is -0.773. The second-order valence-electron chi connectivity index (χ2n) is 13.7. The Balaban J connectivity index is 3.55. The second kappa shape index (κ2) is 39.6. The number of carbonyl (C=O) groups excluding carboxylic acids is 2. The number of hydrogen-bond donors (Lipinski definition) is 1. The van der Waals surface area contributed by atoms with Gasteiger partial charge in [-0.3, -0.25) is 9.59 Å². The fourth-order valence-electron chi connectivity index (χ4n) is 5.75. The Morgan fingerprint density at radius 1 is 0.479 bits per heavy atom. The Hall–Kier alpha value is -1.88. The zero-order chi connectivity index (χ0) is 35.0. The minimum Gasteiger partial charge on any atom is -0.462 e. The Kier molecular flexibility index (Phi) is 38.0. The zero-order valence-corrected chi connectivity index (χ0v) is 31.7. The van der Waals surface area contributed by atoms with Crippen LogP contribution in [0.4, 0.5) is 0 Å². The van der Waals surface area contributed by atoms with Crippen molar-refractivity contribution in [2.45, 2.75) is 213 Å². The van der Waals surface area contributed by atoms with Crippen LogP contribution in [-0.4, -0.2) is 36.4 Å². The molecule has 0 aromatic carbocycles. The van der Waals surface area contributed by atoms with Crippen molar-refractivity contribution in [3.05, 3.63) is 36.5 Å². The van der Waals surface area contributed by atoms with Gasteiger partial charge in [-0.05, 0) is 70.6 Å². The van der Waals surface area contributed by atoms with Crippen LogP contribution in [0.15, 0.2) is 36.5 Å². The largest absolute Gasteiger partial charge is 0.462 e. The number of rotatable bonds is 37. The molecule has 5 heteroatoms. The normalized spacial score (nSPS) is 12.5. The maximum atomic E-state index is 12.2. The fourth-order valence-corrected chi connectivity index (χ4v) is 5.75. The molecule has 0 saturated heterocycles. The molecule has 0 saturated carbocycles. The standard InChI is InChI=1S/C43H78O5/c1-3-5-7-9-11-13-15-17-19-20-21-22-24-26-28-30-32-34-36-38-43(46)48-41(39-44)40-47-42(45)37-35-33-31-29-27-25-23-18-16-14-12-10-8-6-4-2/h11,13-14,16-17,19,41,44H,3-10,12,15,18,20-40H2,1-2H3/b13-11+,16-14+,19-17+/t41-/m0/s1. The van der Waals surface area contributed by atoms with Crippen LogP contribution in [0.3, 0.4) is 0 Å². The number of carbonyl (C=O) groups is 2. The zero-order valence-electron chi connectivity index (χ0n) is 31.7. The molecule has 0 aliphatic rings. The third-order valence-electron chi connectivity index (χ3n) is 8.91. The average molecular weight is 675 g/mol.